The maximum atomic E-state index is 11.9. The summed E-state index contributed by atoms with van der Waals surface area (Å²) in [6.07, 6.45) is 2.90. The number of urea groups is 1. The molecule has 0 bridgehead atoms. The Morgan fingerprint density at radius 1 is 1.42 bits per heavy atom. The zero-order valence-corrected chi connectivity index (χ0v) is 11.5. The van der Waals surface area contributed by atoms with E-state index in [4.69, 9.17) is 0 Å². The van der Waals surface area contributed by atoms with E-state index < -0.39 is 6.10 Å². The van der Waals surface area contributed by atoms with Gasteiger partial charge in [0.1, 0.15) is 0 Å². The Morgan fingerprint density at radius 3 is 2.84 bits per heavy atom. The number of carbonyl (C=O) groups excluding carboxylic acids is 1. The smallest absolute Gasteiger partial charge is 0.319 e. The van der Waals surface area contributed by atoms with E-state index in [0.717, 1.165) is 12.0 Å². The van der Waals surface area contributed by atoms with Gasteiger partial charge in [-0.2, -0.15) is 0 Å². The number of hydrogen-bond donors (Lipinski definition) is 3. The molecule has 4 nitrogen and oxygen atoms in total. The van der Waals surface area contributed by atoms with Gasteiger partial charge in [-0.05, 0) is 43.4 Å². The molecule has 4 heteroatoms. The van der Waals surface area contributed by atoms with Crippen molar-refractivity contribution in [2.24, 2.45) is 5.92 Å². The highest BCUT2D eigenvalue weighted by Crippen LogP contribution is 2.25. The molecule has 0 heterocycles. The van der Waals surface area contributed by atoms with Gasteiger partial charge in [-0.3, -0.25) is 0 Å². The zero-order chi connectivity index (χ0) is 13.8. The SMILES string of the molecule is CC(O)c1cccc(NC(=O)NC2CCCC2C)c1. The lowest BCUT2D eigenvalue weighted by atomic mass is 10.1. The summed E-state index contributed by atoms with van der Waals surface area (Å²) in [6, 6.07) is 7.40. The van der Waals surface area contributed by atoms with Crippen molar-refractivity contribution >= 4 is 11.7 Å². The molecule has 1 aromatic rings. The van der Waals surface area contributed by atoms with Crippen LogP contribution in [0.3, 0.4) is 0 Å². The fraction of sp³-hybridized carbons (Fsp3) is 0.533. The average Bonchev–Trinajstić information content (AvgIpc) is 2.75. The first-order valence-electron chi connectivity index (χ1n) is 6.92. The maximum Gasteiger partial charge on any atom is 0.319 e. The summed E-state index contributed by atoms with van der Waals surface area (Å²) in [7, 11) is 0. The molecule has 0 radical (unpaired) electrons. The number of amides is 2. The van der Waals surface area contributed by atoms with Crippen LogP contribution >= 0.6 is 0 Å². The number of hydrogen-bond acceptors (Lipinski definition) is 2. The first kappa shape index (κ1) is 13.9. The second-order valence-corrected chi connectivity index (χ2v) is 5.41. The molecular formula is C15H22N2O2. The van der Waals surface area contributed by atoms with Crippen LogP contribution in [0.25, 0.3) is 0 Å². The van der Waals surface area contributed by atoms with Gasteiger partial charge >= 0.3 is 6.03 Å². The minimum atomic E-state index is -0.528. The van der Waals surface area contributed by atoms with Crippen molar-refractivity contribution in [3.05, 3.63) is 29.8 Å². The van der Waals surface area contributed by atoms with E-state index in [0.29, 0.717) is 11.6 Å². The van der Waals surface area contributed by atoms with Gasteiger partial charge in [-0.1, -0.05) is 25.5 Å². The molecule has 0 aliphatic heterocycles. The van der Waals surface area contributed by atoms with Gasteiger partial charge in [-0.15, -0.1) is 0 Å². The quantitative estimate of drug-likeness (QED) is 0.784. The largest absolute Gasteiger partial charge is 0.389 e. The van der Waals surface area contributed by atoms with Crippen LogP contribution in [0.1, 0.15) is 44.8 Å². The highest BCUT2D eigenvalue weighted by atomic mass is 16.3. The molecule has 1 saturated carbocycles. The summed E-state index contributed by atoms with van der Waals surface area (Å²) < 4.78 is 0. The number of benzene rings is 1. The van der Waals surface area contributed by atoms with Gasteiger partial charge in [0.2, 0.25) is 0 Å². The van der Waals surface area contributed by atoms with Crippen molar-refractivity contribution in [2.75, 3.05) is 5.32 Å². The van der Waals surface area contributed by atoms with Gasteiger partial charge in [0.25, 0.3) is 0 Å². The Morgan fingerprint density at radius 2 is 2.21 bits per heavy atom. The lowest BCUT2D eigenvalue weighted by Crippen LogP contribution is -2.39. The molecule has 0 saturated heterocycles. The van der Waals surface area contributed by atoms with Crippen molar-refractivity contribution in [2.45, 2.75) is 45.3 Å². The van der Waals surface area contributed by atoms with Crippen LogP contribution < -0.4 is 10.6 Å². The normalized spacial score (nSPS) is 23.9. The second kappa shape index (κ2) is 6.06. The molecule has 19 heavy (non-hydrogen) atoms. The van der Waals surface area contributed by atoms with Gasteiger partial charge in [0.05, 0.1) is 6.10 Å². The lowest BCUT2D eigenvalue weighted by Gasteiger charge is -2.18. The van der Waals surface area contributed by atoms with Crippen molar-refractivity contribution in [1.82, 2.24) is 5.32 Å². The molecule has 1 aliphatic rings. The molecule has 1 aliphatic carbocycles. The molecule has 2 rings (SSSR count). The highest BCUT2D eigenvalue weighted by molar-refractivity contribution is 5.89. The molecule has 3 N–H and O–H groups in total. The number of rotatable bonds is 3. The number of aliphatic hydroxyl groups is 1. The van der Waals surface area contributed by atoms with Crippen LogP contribution in [-0.2, 0) is 0 Å². The minimum absolute atomic E-state index is 0.165. The minimum Gasteiger partial charge on any atom is -0.389 e. The van der Waals surface area contributed by atoms with Gasteiger partial charge in [-0.25, -0.2) is 4.79 Å². The van der Waals surface area contributed by atoms with Crippen LogP contribution in [0.2, 0.25) is 0 Å². The van der Waals surface area contributed by atoms with E-state index >= 15 is 0 Å². The third-order valence-corrected chi connectivity index (χ3v) is 3.80. The van der Waals surface area contributed by atoms with Crippen LogP contribution in [-0.4, -0.2) is 17.2 Å². The van der Waals surface area contributed by atoms with E-state index in [1.807, 2.05) is 18.2 Å². The fourth-order valence-electron chi connectivity index (χ4n) is 2.57. The van der Waals surface area contributed by atoms with Crippen molar-refractivity contribution in [1.29, 1.82) is 0 Å². The topological polar surface area (TPSA) is 61.4 Å². The van der Waals surface area contributed by atoms with Crippen LogP contribution in [0.5, 0.6) is 0 Å². The molecule has 1 fully saturated rings. The summed E-state index contributed by atoms with van der Waals surface area (Å²) >= 11 is 0. The average molecular weight is 262 g/mol. The van der Waals surface area contributed by atoms with Crippen molar-refractivity contribution in [3.8, 4) is 0 Å². The molecule has 3 atom stereocenters. The first-order valence-corrected chi connectivity index (χ1v) is 6.92. The summed E-state index contributed by atoms with van der Waals surface area (Å²) in [5.74, 6) is 0.551. The molecule has 3 unspecified atom stereocenters. The predicted octanol–water partition coefficient (Wildman–Crippen LogP) is 3.05. The first-order chi connectivity index (χ1) is 9.06. The predicted molar refractivity (Wildman–Crippen MR) is 76.0 cm³/mol. The molecule has 0 spiro atoms. The fourth-order valence-corrected chi connectivity index (χ4v) is 2.57. The summed E-state index contributed by atoms with van der Waals surface area (Å²) in [4.78, 5) is 11.9. The lowest BCUT2D eigenvalue weighted by molar-refractivity contribution is 0.199. The number of nitrogens with one attached hydrogen (secondary N) is 2. The van der Waals surface area contributed by atoms with Gasteiger partial charge in [0, 0.05) is 11.7 Å². The van der Waals surface area contributed by atoms with Crippen LogP contribution in [0.15, 0.2) is 24.3 Å². The summed E-state index contributed by atoms with van der Waals surface area (Å²) in [6.45, 7) is 3.88. The van der Waals surface area contributed by atoms with E-state index in [1.165, 1.54) is 12.8 Å². The molecule has 104 valence electrons. The van der Waals surface area contributed by atoms with Gasteiger partial charge < -0.3 is 15.7 Å². The van der Waals surface area contributed by atoms with Crippen molar-refractivity contribution < 1.29 is 9.90 Å². The Hall–Kier alpha value is -1.55. The third-order valence-electron chi connectivity index (χ3n) is 3.80. The standard InChI is InChI=1S/C15H22N2O2/c1-10-5-3-8-14(10)17-15(19)16-13-7-4-6-12(9-13)11(2)18/h4,6-7,9-11,14,18H,3,5,8H2,1-2H3,(H2,16,17,19). The van der Waals surface area contributed by atoms with Crippen molar-refractivity contribution in [3.63, 3.8) is 0 Å². The van der Waals surface area contributed by atoms with E-state index in [2.05, 4.69) is 17.6 Å². The molecule has 0 aromatic heterocycles. The third kappa shape index (κ3) is 3.70. The number of carbonyl (C=O) groups is 1. The Balaban J connectivity index is 1.93. The Bertz CT molecular complexity index is 446. The summed E-state index contributed by atoms with van der Waals surface area (Å²) in [5, 5.41) is 15.4. The molecule has 1 aromatic carbocycles. The van der Waals surface area contributed by atoms with Crippen LogP contribution in [0, 0.1) is 5.92 Å². The van der Waals surface area contributed by atoms with Gasteiger partial charge in [0.15, 0.2) is 0 Å². The van der Waals surface area contributed by atoms with E-state index in [9.17, 15) is 9.90 Å². The monoisotopic (exact) mass is 262 g/mol. The Kier molecular flexibility index (Phi) is 4.43. The molecular weight excluding hydrogens is 240 g/mol. The number of aliphatic hydroxyl groups excluding tert-OH is 1. The second-order valence-electron chi connectivity index (χ2n) is 5.41. The zero-order valence-electron chi connectivity index (χ0n) is 11.5. The van der Waals surface area contributed by atoms with Crippen LogP contribution in [0.4, 0.5) is 10.5 Å². The Labute approximate surface area is 114 Å². The van der Waals surface area contributed by atoms with E-state index in [1.54, 1.807) is 13.0 Å². The maximum absolute atomic E-state index is 11.9. The summed E-state index contributed by atoms with van der Waals surface area (Å²) in [5.41, 5.74) is 1.51. The molecule has 2 amide bonds. The van der Waals surface area contributed by atoms with E-state index in [-0.39, 0.29) is 12.1 Å². The number of anilines is 1. The highest BCUT2D eigenvalue weighted by Gasteiger charge is 2.24.